The number of imidazole rings is 2. The van der Waals surface area contributed by atoms with Crippen LogP contribution in [-0.4, -0.2) is 49.0 Å². The molecule has 0 aliphatic heterocycles. The van der Waals surface area contributed by atoms with Gasteiger partial charge in [0.2, 0.25) is 0 Å². The predicted molar refractivity (Wildman–Crippen MR) is 184 cm³/mol. The summed E-state index contributed by atoms with van der Waals surface area (Å²) in [4.78, 5) is 37.0. The zero-order valence-corrected chi connectivity index (χ0v) is 29.5. The maximum absolute atomic E-state index is 4.72. The number of aryl methyl sites for hydroxylation is 14. The van der Waals surface area contributed by atoms with Gasteiger partial charge in [0.1, 0.15) is 28.8 Å². The quantitative estimate of drug-likeness (QED) is 0.219. The van der Waals surface area contributed by atoms with Gasteiger partial charge in [-0.25, -0.2) is 29.9 Å². The molecule has 0 aliphatic carbocycles. The summed E-state index contributed by atoms with van der Waals surface area (Å²) in [7, 11) is 4.05. The lowest BCUT2D eigenvalue weighted by atomic mass is 10.2. The van der Waals surface area contributed by atoms with Gasteiger partial charge >= 0.3 is 0 Å². The first-order valence-electron chi connectivity index (χ1n) is 15.4. The van der Waals surface area contributed by atoms with Gasteiger partial charge in [-0.15, -0.1) is 0 Å². The van der Waals surface area contributed by atoms with E-state index >= 15 is 0 Å². The lowest BCUT2D eigenvalue weighted by Crippen LogP contribution is -2.06. The first-order chi connectivity index (χ1) is 21.6. The van der Waals surface area contributed by atoms with Gasteiger partial charge in [-0.3, -0.25) is 9.97 Å². The predicted octanol–water partition coefficient (Wildman–Crippen LogP) is 6.70. The zero-order valence-electron chi connectivity index (χ0n) is 29.5. The van der Waals surface area contributed by atoms with Gasteiger partial charge in [0.05, 0.1) is 62.1 Å². The molecule has 6 heterocycles. The number of nitrogens with one attached hydrogen (secondary N) is 2. The Hall–Kier alpha value is -5.00. The maximum atomic E-state index is 4.72. The minimum Gasteiger partial charge on any atom is -0.331 e. The smallest absolute Gasteiger partial charge is 0.153 e. The van der Waals surface area contributed by atoms with Crippen LogP contribution in [0.3, 0.4) is 0 Å². The summed E-state index contributed by atoms with van der Waals surface area (Å²) in [5.41, 5.74) is 13.5. The molecule has 12 nitrogen and oxygen atoms in total. The molecule has 12 heteroatoms. The lowest BCUT2D eigenvalue weighted by molar-refractivity contribution is 0.880. The fourth-order valence-electron chi connectivity index (χ4n) is 5.55. The number of fused-ring (bicyclic) bond motifs is 2. The van der Waals surface area contributed by atoms with Crippen molar-refractivity contribution >= 4 is 45.3 Å². The molecule has 0 atom stereocenters. The van der Waals surface area contributed by atoms with E-state index in [2.05, 4.69) is 61.6 Å². The van der Waals surface area contributed by atoms with Crippen LogP contribution in [0.5, 0.6) is 0 Å². The van der Waals surface area contributed by atoms with Crippen LogP contribution in [0.1, 0.15) is 68.3 Å². The third kappa shape index (κ3) is 5.75. The van der Waals surface area contributed by atoms with E-state index in [0.717, 1.165) is 114 Å². The number of rotatable bonds is 4. The van der Waals surface area contributed by atoms with Crippen molar-refractivity contribution in [1.82, 2.24) is 49.0 Å². The Morgan fingerprint density at radius 3 is 1.26 bits per heavy atom. The topological polar surface area (TPSA) is 137 Å². The van der Waals surface area contributed by atoms with Crippen LogP contribution in [0.15, 0.2) is 0 Å². The molecular formula is C34H44N12. The second kappa shape index (κ2) is 12.1. The van der Waals surface area contributed by atoms with Gasteiger partial charge in [0, 0.05) is 25.2 Å². The van der Waals surface area contributed by atoms with E-state index in [1.54, 1.807) is 0 Å². The third-order valence-electron chi connectivity index (χ3n) is 8.74. The monoisotopic (exact) mass is 620 g/mol. The van der Waals surface area contributed by atoms with Gasteiger partial charge in [-0.2, -0.15) is 0 Å². The Kier molecular flexibility index (Phi) is 8.50. The largest absolute Gasteiger partial charge is 0.331 e. The molecule has 46 heavy (non-hydrogen) atoms. The molecule has 2 N–H and O–H groups in total. The van der Waals surface area contributed by atoms with Crippen molar-refractivity contribution in [3.8, 4) is 0 Å². The highest BCUT2D eigenvalue weighted by Gasteiger charge is 2.18. The first-order valence-corrected chi connectivity index (χ1v) is 15.4. The van der Waals surface area contributed by atoms with Crippen LogP contribution in [0.2, 0.25) is 0 Å². The molecule has 0 saturated carbocycles. The SMILES string of the molecule is Cc1nc(C)c(Nc2nc(C)c3c(nc(C)n3C)c2C)nc1C.Cc1nc(C)c(Nc2nc(C)c3nc(C)n(C)c3c2C)nc1C. The van der Waals surface area contributed by atoms with Gasteiger partial charge in [-0.1, -0.05) is 0 Å². The summed E-state index contributed by atoms with van der Waals surface area (Å²) in [5, 5.41) is 6.69. The molecule has 0 spiro atoms. The van der Waals surface area contributed by atoms with Crippen molar-refractivity contribution in [1.29, 1.82) is 0 Å². The zero-order chi connectivity index (χ0) is 33.8. The molecular weight excluding hydrogens is 576 g/mol. The Morgan fingerprint density at radius 1 is 0.348 bits per heavy atom. The molecule has 6 aromatic rings. The molecule has 0 saturated heterocycles. The second-order valence-electron chi connectivity index (χ2n) is 12.1. The maximum Gasteiger partial charge on any atom is 0.153 e. The van der Waals surface area contributed by atoms with E-state index in [9.17, 15) is 0 Å². The Morgan fingerprint density at radius 2 is 0.739 bits per heavy atom. The fourth-order valence-corrected chi connectivity index (χ4v) is 5.55. The van der Waals surface area contributed by atoms with Crippen molar-refractivity contribution in [2.75, 3.05) is 10.6 Å². The number of anilines is 4. The minimum absolute atomic E-state index is 0.745. The van der Waals surface area contributed by atoms with Crippen LogP contribution in [-0.2, 0) is 14.1 Å². The lowest BCUT2D eigenvalue weighted by Gasteiger charge is -2.13. The van der Waals surface area contributed by atoms with Crippen LogP contribution >= 0.6 is 0 Å². The van der Waals surface area contributed by atoms with Crippen molar-refractivity contribution in [2.24, 2.45) is 14.1 Å². The van der Waals surface area contributed by atoms with Gasteiger partial charge in [-0.05, 0) is 83.1 Å². The van der Waals surface area contributed by atoms with E-state index in [0.29, 0.717) is 0 Å². The average Bonchev–Trinajstić information content (AvgIpc) is 3.47. The molecule has 0 unspecified atom stereocenters. The summed E-state index contributed by atoms with van der Waals surface area (Å²) >= 11 is 0. The summed E-state index contributed by atoms with van der Waals surface area (Å²) < 4.78 is 4.18. The van der Waals surface area contributed by atoms with Crippen LogP contribution < -0.4 is 10.6 Å². The highest BCUT2D eigenvalue weighted by molar-refractivity contribution is 5.87. The number of hydrogen-bond acceptors (Lipinski definition) is 10. The second-order valence-corrected chi connectivity index (χ2v) is 12.1. The summed E-state index contributed by atoms with van der Waals surface area (Å²) in [6.45, 7) is 23.9. The van der Waals surface area contributed by atoms with Gasteiger partial charge in [0.25, 0.3) is 0 Å². The number of hydrogen-bond donors (Lipinski definition) is 2. The average molecular weight is 621 g/mol. The minimum atomic E-state index is 0.745. The summed E-state index contributed by atoms with van der Waals surface area (Å²) in [5.74, 6) is 5.04. The van der Waals surface area contributed by atoms with E-state index < -0.39 is 0 Å². The van der Waals surface area contributed by atoms with Crippen molar-refractivity contribution in [2.45, 2.75) is 83.1 Å². The van der Waals surface area contributed by atoms with Crippen LogP contribution in [0.25, 0.3) is 22.1 Å². The highest BCUT2D eigenvalue weighted by atomic mass is 15.1. The van der Waals surface area contributed by atoms with Crippen molar-refractivity contribution < 1.29 is 0 Å². The Balaban J connectivity index is 0.000000181. The van der Waals surface area contributed by atoms with Crippen molar-refractivity contribution in [3.05, 3.63) is 68.3 Å². The third-order valence-corrected chi connectivity index (χ3v) is 8.74. The van der Waals surface area contributed by atoms with Crippen LogP contribution in [0.4, 0.5) is 23.3 Å². The van der Waals surface area contributed by atoms with Crippen molar-refractivity contribution in [3.63, 3.8) is 0 Å². The molecule has 0 aliphatic rings. The molecule has 0 aromatic carbocycles. The molecule has 0 fully saturated rings. The molecule has 6 aromatic heterocycles. The summed E-state index contributed by atoms with van der Waals surface area (Å²) in [6, 6.07) is 0. The van der Waals surface area contributed by atoms with E-state index in [1.807, 2.05) is 90.3 Å². The first kappa shape index (κ1) is 32.4. The number of pyridine rings is 2. The molecule has 0 radical (unpaired) electrons. The molecule has 0 bridgehead atoms. The van der Waals surface area contributed by atoms with E-state index in [4.69, 9.17) is 4.98 Å². The standard InChI is InChI=1S/2C17H22N6/c1-8-15-14(21-13(6)23(15)7)11(4)20-16(8)22-17-12(5)18-9(2)10(3)19-17;1-8-14-15(23(7)13(6)21-14)11(4)20-16(8)22-17-12(5)18-9(2)10(3)19-17/h2*1-7H3,(H,19,20,22). The number of nitrogens with zero attached hydrogens (tertiary/aromatic N) is 10. The molecule has 0 amide bonds. The Labute approximate surface area is 270 Å². The van der Waals surface area contributed by atoms with Gasteiger partial charge < -0.3 is 19.8 Å². The fraction of sp³-hybridized carbons (Fsp3) is 0.412. The number of aromatic nitrogens is 10. The summed E-state index contributed by atoms with van der Waals surface area (Å²) in [6.07, 6.45) is 0. The van der Waals surface area contributed by atoms with E-state index in [1.165, 1.54) is 0 Å². The highest BCUT2D eigenvalue weighted by Crippen LogP contribution is 2.30. The van der Waals surface area contributed by atoms with Crippen LogP contribution in [0, 0.1) is 83.1 Å². The molecule has 240 valence electrons. The Bertz CT molecular complexity index is 2150. The normalized spacial score (nSPS) is 11.3. The van der Waals surface area contributed by atoms with Gasteiger partial charge in [0.15, 0.2) is 11.6 Å². The molecule has 6 rings (SSSR count). The van der Waals surface area contributed by atoms with E-state index in [-0.39, 0.29) is 0 Å².